The van der Waals surface area contributed by atoms with Gasteiger partial charge in [0, 0.05) is 31.7 Å². The van der Waals surface area contributed by atoms with Gasteiger partial charge in [0.05, 0.1) is 11.9 Å². The Hall–Kier alpha value is -2.93. The lowest BCUT2D eigenvalue weighted by atomic mass is 9.90. The molecule has 2 N–H and O–H groups in total. The molecule has 0 radical (unpaired) electrons. The van der Waals surface area contributed by atoms with E-state index in [-0.39, 0.29) is 5.88 Å². The van der Waals surface area contributed by atoms with E-state index in [4.69, 9.17) is 9.72 Å². The van der Waals surface area contributed by atoms with Crippen LogP contribution in [0.5, 0.6) is 5.88 Å². The summed E-state index contributed by atoms with van der Waals surface area (Å²) in [6, 6.07) is 5.65. The van der Waals surface area contributed by atoms with Crippen molar-refractivity contribution in [2.45, 2.75) is 31.3 Å². The molecule has 30 heavy (non-hydrogen) atoms. The van der Waals surface area contributed by atoms with Crippen molar-refractivity contribution in [3.05, 3.63) is 53.7 Å². The summed E-state index contributed by atoms with van der Waals surface area (Å²) in [5.41, 5.74) is 2.81. The number of nitrogens with zero attached hydrogens (tertiary/aromatic N) is 5. The Labute approximate surface area is 176 Å². The first-order chi connectivity index (χ1) is 14.6. The standard InChI is InChI=1S/C20H23FN7OP/c1-22-10-16-15(7-14(12-4-5-12)13-3-2-6-23-9-13)25-18(11-24-16)26-17-8-19(28-27-17)29-20(21)30/h2-3,6,8-12,14,20H,4-5,7,30H2,1H3,(H2,25,26,27,28)/b22-10-/t14-,20?/m0/s1. The molecule has 156 valence electrons. The van der Waals surface area contributed by atoms with Crippen molar-refractivity contribution in [2.75, 3.05) is 12.4 Å². The molecule has 0 saturated heterocycles. The van der Waals surface area contributed by atoms with Crippen molar-refractivity contribution in [3.63, 3.8) is 0 Å². The van der Waals surface area contributed by atoms with E-state index in [0.717, 1.165) is 17.8 Å². The van der Waals surface area contributed by atoms with Crippen molar-refractivity contribution in [2.24, 2.45) is 10.9 Å². The number of aromatic nitrogens is 5. The van der Waals surface area contributed by atoms with Gasteiger partial charge in [-0.3, -0.25) is 9.98 Å². The molecule has 0 aliphatic heterocycles. The van der Waals surface area contributed by atoms with Crippen LogP contribution >= 0.6 is 9.24 Å². The fraction of sp³-hybridized carbons (Fsp3) is 0.350. The molecule has 2 unspecified atom stereocenters. The molecule has 3 atom stereocenters. The van der Waals surface area contributed by atoms with Crippen LogP contribution in [0.1, 0.15) is 35.7 Å². The third-order valence-electron chi connectivity index (χ3n) is 4.90. The summed E-state index contributed by atoms with van der Waals surface area (Å²) in [6.45, 7) is 0. The maximum absolute atomic E-state index is 13.0. The van der Waals surface area contributed by atoms with Crippen LogP contribution in [0.25, 0.3) is 0 Å². The topological polar surface area (TPSA) is 101 Å². The molecule has 1 saturated carbocycles. The first-order valence-electron chi connectivity index (χ1n) is 9.69. The number of halogens is 1. The van der Waals surface area contributed by atoms with Gasteiger partial charge in [0.25, 0.3) is 6.10 Å². The molecule has 0 bridgehead atoms. The maximum atomic E-state index is 13.0. The Kier molecular flexibility index (Phi) is 6.28. The van der Waals surface area contributed by atoms with E-state index < -0.39 is 6.10 Å². The van der Waals surface area contributed by atoms with Crippen molar-refractivity contribution < 1.29 is 9.13 Å². The smallest absolute Gasteiger partial charge is 0.251 e. The third kappa shape index (κ3) is 5.16. The van der Waals surface area contributed by atoms with Gasteiger partial charge < -0.3 is 10.1 Å². The molecule has 3 aromatic heterocycles. The lowest BCUT2D eigenvalue weighted by Gasteiger charge is -2.17. The summed E-state index contributed by atoms with van der Waals surface area (Å²) in [7, 11) is 3.63. The van der Waals surface area contributed by atoms with Crippen LogP contribution in [0.2, 0.25) is 0 Å². The minimum Gasteiger partial charge on any atom is -0.441 e. The van der Waals surface area contributed by atoms with E-state index >= 15 is 0 Å². The fourth-order valence-electron chi connectivity index (χ4n) is 3.42. The lowest BCUT2D eigenvalue weighted by Crippen LogP contribution is -2.11. The van der Waals surface area contributed by atoms with Crippen LogP contribution in [0.4, 0.5) is 16.0 Å². The van der Waals surface area contributed by atoms with Gasteiger partial charge in [-0.1, -0.05) is 15.3 Å². The van der Waals surface area contributed by atoms with E-state index in [1.165, 1.54) is 18.4 Å². The predicted molar refractivity (Wildman–Crippen MR) is 116 cm³/mol. The average molecular weight is 427 g/mol. The van der Waals surface area contributed by atoms with Gasteiger partial charge in [0.15, 0.2) is 5.82 Å². The van der Waals surface area contributed by atoms with E-state index in [2.05, 4.69) is 36.5 Å². The van der Waals surface area contributed by atoms with Crippen LogP contribution < -0.4 is 10.1 Å². The Bertz CT molecular complexity index is 1010. The highest BCUT2D eigenvalue weighted by Gasteiger charge is 2.33. The summed E-state index contributed by atoms with van der Waals surface area (Å²) in [5, 5.41) is 9.76. The molecule has 0 aromatic carbocycles. The van der Waals surface area contributed by atoms with E-state index in [0.29, 0.717) is 23.5 Å². The Morgan fingerprint density at radius 2 is 2.27 bits per heavy atom. The molecule has 0 spiro atoms. The van der Waals surface area contributed by atoms with Gasteiger partial charge in [0.2, 0.25) is 5.88 Å². The molecular formula is C20H23FN7OP. The van der Waals surface area contributed by atoms with Gasteiger partial charge in [-0.05, 0) is 42.7 Å². The van der Waals surface area contributed by atoms with Crippen molar-refractivity contribution in [1.29, 1.82) is 0 Å². The van der Waals surface area contributed by atoms with Gasteiger partial charge >= 0.3 is 0 Å². The molecule has 4 rings (SSSR count). The molecule has 1 aliphatic rings. The van der Waals surface area contributed by atoms with E-state index in [9.17, 15) is 4.39 Å². The number of hydrogen-bond donors (Lipinski definition) is 2. The van der Waals surface area contributed by atoms with Gasteiger partial charge in [-0.2, -0.15) is 9.49 Å². The Balaban J connectivity index is 1.57. The molecular weight excluding hydrogens is 404 g/mol. The van der Waals surface area contributed by atoms with Gasteiger partial charge in [0.1, 0.15) is 11.5 Å². The number of aromatic amines is 1. The fourth-order valence-corrected chi connectivity index (χ4v) is 3.56. The van der Waals surface area contributed by atoms with Crippen molar-refractivity contribution >= 4 is 27.1 Å². The predicted octanol–water partition coefficient (Wildman–Crippen LogP) is 3.63. The van der Waals surface area contributed by atoms with E-state index in [1.807, 2.05) is 21.5 Å². The summed E-state index contributed by atoms with van der Waals surface area (Å²) >= 11 is 0. The number of hydrogen-bond acceptors (Lipinski definition) is 7. The second-order valence-corrected chi connectivity index (χ2v) is 7.64. The molecule has 3 aromatic rings. The van der Waals surface area contributed by atoms with Crippen LogP contribution in [0.3, 0.4) is 0 Å². The molecule has 1 fully saturated rings. The number of alkyl halides is 1. The molecule has 0 amide bonds. The zero-order valence-electron chi connectivity index (χ0n) is 16.5. The van der Waals surface area contributed by atoms with Gasteiger partial charge in [-0.25, -0.2) is 15.1 Å². The first-order valence-corrected chi connectivity index (χ1v) is 10.4. The Morgan fingerprint density at radius 3 is 2.97 bits per heavy atom. The minimum absolute atomic E-state index is 0.216. The quantitative estimate of drug-likeness (QED) is 0.400. The van der Waals surface area contributed by atoms with Crippen molar-refractivity contribution in [3.8, 4) is 5.88 Å². The Morgan fingerprint density at radius 1 is 1.40 bits per heavy atom. The second-order valence-electron chi connectivity index (χ2n) is 7.12. The summed E-state index contributed by atoms with van der Waals surface area (Å²) in [5.74, 6) is 2.18. The summed E-state index contributed by atoms with van der Waals surface area (Å²) in [6.07, 6.45) is 8.72. The van der Waals surface area contributed by atoms with Crippen LogP contribution in [0, 0.1) is 5.92 Å². The normalized spacial score (nSPS) is 15.8. The SMILES string of the molecule is C/N=C\c1ncc(Nc2cc(OC(F)P)[nH]n2)nc1C[C@H](c1cccnc1)C1CC1. The van der Waals surface area contributed by atoms with Crippen LogP contribution in [0.15, 0.2) is 41.8 Å². The highest BCUT2D eigenvalue weighted by atomic mass is 31.0. The minimum atomic E-state index is -1.51. The lowest BCUT2D eigenvalue weighted by molar-refractivity contribution is 0.147. The summed E-state index contributed by atoms with van der Waals surface area (Å²) < 4.78 is 17.9. The monoisotopic (exact) mass is 427 g/mol. The number of anilines is 2. The highest BCUT2D eigenvalue weighted by molar-refractivity contribution is 7.16. The molecule has 10 heteroatoms. The van der Waals surface area contributed by atoms with Crippen molar-refractivity contribution in [1.82, 2.24) is 25.1 Å². The third-order valence-corrected chi connectivity index (χ3v) is 5.03. The maximum Gasteiger partial charge on any atom is 0.251 e. The number of pyridine rings is 1. The zero-order chi connectivity index (χ0) is 20.9. The first kappa shape index (κ1) is 20.3. The van der Waals surface area contributed by atoms with Gasteiger partial charge in [-0.15, -0.1) is 0 Å². The number of nitrogens with one attached hydrogen (secondary N) is 2. The number of H-pyrrole nitrogens is 1. The summed E-state index contributed by atoms with van der Waals surface area (Å²) in [4.78, 5) is 17.7. The average Bonchev–Trinajstić information content (AvgIpc) is 3.49. The number of ether oxygens (including phenoxy) is 1. The highest BCUT2D eigenvalue weighted by Crippen LogP contribution is 2.44. The molecule has 1 aliphatic carbocycles. The number of aliphatic imine (C=N–C) groups is 1. The zero-order valence-corrected chi connectivity index (χ0v) is 17.6. The largest absolute Gasteiger partial charge is 0.441 e. The number of rotatable bonds is 9. The second kappa shape index (κ2) is 9.26. The molecule has 8 nitrogen and oxygen atoms in total. The van der Waals surface area contributed by atoms with E-state index in [1.54, 1.807) is 31.7 Å². The van der Waals surface area contributed by atoms with Crippen LogP contribution in [-0.4, -0.2) is 44.5 Å². The van der Waals surface area contributed by atoms with Crippen LogP contribution in [-0.2, 0) is 6.42 Å². The molecule has 3 heterocycles.